The van der Waals surface area contributed by atoms with Crippen LogP contribution < -0.4 is 0 Å². The first-order valence-corrected chi connectivity index (χ1v) is 5.41. The lowest BCUT2D eigenvalue weighted by Crippen LogP contribution is -2.51. The van der Waals surface area contributed by atoms with Crippen molar-refractivity contribution in [2.24, 2.45) is 5.92 Å². The van der Waals surface area contributed by atoms with Gasteiger partial charge in [0.2, 0.25) is 5.91 Å². The van der Waals surface area contributed by atoms with E-state index in [9.17, 15) is 9.59 Å². The predicted octanol–water partition coefficient (Wildman–Crippen LogP) is -1.16. The summed E-state index contributed by atoms with van der Waals surface area (Å²) < 4.78 is 0. The number of carbonyl (C=O) groups is 2. The summed E-state index contributed by atoms with van der Waals surface area (Å²) in [5, 5.41) is 17.5. The van der Waals surface area contributed by atoms with E-state index < -0.39 is 11.9 Å². The number of aliphatic hydroxyl groups excluding tert-OH is 1. The Balaban J connectivity index is 2.41. The van der Waals surface area contributed by atoms with Crippen LogP contribution in [0.2, 0.25) is 0 Å². The number of rotatable bonds is 4. The lowest BCUT2D eigenvalue weighted by atomic mass is 10.1. The molecule has 1 fully saturated rings. The summed E-state index contributed by atoms with van der Waals surface area (Å²) in [6, 6.07) is 0. The Morgan fingerprint density at radius 3 is 2.25 bits per heavy atom. The van der Waals surface area contributed by atoms with Crippen LogP contribution in [-0.2, 0) is 9.59 Å². The summed E-state index contributed by atoms with van der Waals surface area (Å²) in [6.45, 7) is 4.59. The van der Waals surface area contributed by atoms with E-state index >= 15 is 0 Å². The zero-order chi connectivity index (χ0) is 12.1. The van der Waals surface area contributed by atoms with E-state index in [-0.39, 0.29) is 12.5 Å². The van der Waals surface area contributed by atoms with E-state index in [1.165, 1.54) is 6.92 Å². The SMILES string of the molecule is CC(C(=O)O)C(=O)N1CCN(CCO)CC1. The van der Waals surface area contributed by atoms with Gasteiger partial charge in [-0.3, -0.25) is 14.5 Å². The fourth-order valence-electron chi connectivity index (χ4n) is 1.71. The maximum absolute atomic E-state index is 11.7. The van der Waals surface area contributed by atoms with Crippen molar-refractivity contribution < 1.29 is 19.8 Å². The quantitative estimate of drug-likeness (QED) is 0.596. The second kappa shape index (κ2) is 5.81. The van der Waals surface area contributed by atoms with Gasteiger partial charge in [0.1, 0.15) is 5.92 Å². The maximum atomic E-state index is 11.7. The van der Waals surface area contributed by atoms with Crippen molar-refractivity contribution >= 4 is 11.9 Å². The monoisotopic (exact) mass is 230 g/mol. The molecule has 1 aliphatic rings. The topological polar surface area (TPSA) is 81.1 Å². The van der Waals surface area contributed by atoms with Gasteiger partial charge in [0.05, 0.1) is 6.61 Å². The number of carbonyl (C=O) groups excluding carboxylic acids is 1. The number of piperazine rings is 1. The molecular weight excluding hydrogens is 212 g/mol. The number of β-amino-alcohol motifs (C(OH)–C–C–N with tert-alkyl or cyclic N) is 1. The van der Waals surface area contributed by atoms with Crippen LogP contribution in [0.3, 0.4) is 0 Å². The average molecular weight is 230 g/mol. The first kappa shape index (κ1) is 12.9. The van der Waals surface area contributed by atoms with E-state index in [4.69, 9.17) is 10.2 Å². The summed E-state index contributed by atoms with van der Waals surface area (Å²) in [7, 11) is 0. The number of carboxylic acid groups (broad SMARTS) is 1. The molecule has 1 saturated heterocycles. The minimum atomic E-state index is -1.08. The molecule has 2 N–H and O–H groups in total. The van der Waals surface area contributed by atoms with Crippen molar-refractivity contribution in [1.82, 2.24) is 9.80 Å². The normalized spacial score (nSPS) is 19.5. The van der Waals surface area contributed by atoms with Gasteiger partial charge in [0, 0.05) is 32.7 Å². The standard InChI is InChI=1S/C10H18N2O4/c1-8(10(15)16)9(14)12-4-2-11(3-5-12)6-7-13/h8,13H,2-7H2,1H3,(H,15,16). The summed E-state index contributed by atoms with van der Waals surface area (Å²) in [6.07, 6.45) is 0. The molecule has 0 spiro atoms. The Morgan fingerprint density at radius 2 is 1.81 bits per heavy atom. The molecule has 16 heavy (non-hydrogen) atoms. The van der Waals surface area contributed by atoms with Gasteiger partial charge in [-0.25, -0.2) is 0 Å². The molecule has 6 heteroatoms. The van der Waals surface area contributed by atoms with Gasteiger partial charge < -0.3 is 15.1 Å². The number of hydrogen-bond donors (Lipinski definition) is 2. The predicted molar refractivity (Wildman–Crippen MR) is 56.9 cm³/mol. The molecule has 92 valence electrons. The third-order valence-electron chi connectivity index (χ3n) is 2.84. The zero-order valence-corrected chi connectivity index (χ0v) is 9.43. The summed E-state index contributed by atoms with van der Waals surface area (Å²) in [5.41, 5.74) is 0. The average Bonchev–Trinajstić information content (AvgIpc) is 2.28. The van der Waals surface area contributed by atoms with Crippen molar-refractivity contribution in [3.05, 3.63) is 0 Å². The number of aliphatic carboxylic acids is 1. The fourth-order valence-corrected chi connectivity index (χ4v) is 1.71. The van der Waals surface area contributed by atoms with Crippen LogP contribution in [0, 0.1) is 5.92 Å². The van der Waals surface area contributed by atoms with Gasteiger partial charge >= 0.3 is 5.97 Å². The lowest BCUT2D eigenvalue weighted by Gasteiger charge is -2.35. The van der Waals surface area contributed by atoms with Gasteiger partial charge in [-0.1, -0.05) is 0 Å². The Bertz CT molecular complexity index is 262. The molecule has 1 unspecified atom stereocenters. The fraction of sp³-hybridized carbons (Fsp3) is 0.800. The first-order valence-electron chi connectivity index (χ1n) is 5.41. The Labute approximate surface area is 94.4 Å². The summed E-state index contributed by atoms with van der Waals surface area (Å²) in [4.78, 5) is 26.0. The van der Waals surface area contributed by atoms with Gasteiger partial charge in [0.25, 0.3) is 0 Å². The third kappa shape index (κ3) is 3.18. The van der Waals surface area contributed by atoms with Gasteiger partial charge in [0.15, 0.2) is 0 Å². The number of carboxylic acids is 1. The highest BCUT2D eigenvalue weighted by Crippen LogP contribution is 2.07. The zero-order valence-electron chi connectivity index (χ0n) is 9.43. The lowest BCUT2D eigenvalue weighted by molar-refractivity contribution is -0.151. The van der Waals surface area contributed by atoms with E-state index in [1.807, 2.05) is 0 Å². The molecule has 0 radical (unpaired) electrons. The molecule has 0 bridgehead atoms. The van der Waals surface area contributed by atoms with Crippen LogP contribution >= 0.6 is 0 Å². The number of nitrogens with zero attached hydrogens (tertiary/aromatic N) is 2. The Morgan fingerprint density at radius 1 is 1.25 bits per heavy atom. The summed E-state index contributed by atoms with van der Waals surface area (Å²) in [5.74, 6) is -2.37. The van der Waals surface area contributed by atoms with E-state index in [0.717, 1.165) is 0 Å². The molecule has 1 heterocycles. The van der Waals surface area contributed by atoms with Crippen LogP contribution in [0.1, 0.15) is 6.92 Å². The molecule has 1 amide bonds. The number of aliphatic hydroxyl groups is 1. The smallest absolute Gasteiger partial charge is 0.315 e. The maximum Gasteiger partial charge on any atom is 0.315 e. The second-order valence-corrected chi connectivity index (χ2v) is 3.95. The molecule has 0 saturated carbocycles. The van der Waals surface area contributed by atoms with Gasteiger partial charge in [-0.2, -0.15) is 0 Å². The number of amides is 1. The molecule has 0 aromatic heterocycles. The van der Waals surface area contributed by atoms with Crippen LogP contribution in [0.15, 0.2) is 0 Å². The Kier molecular flexibility index (Phi) is 4.70. The Hall–Kier alpha value is -1.14. The van der Waals surface area contributed by atoms with Crippen molar-refractivity contribution in [3.8, 4) is 0 Å². The summed E-state index contributed by atoms with van der Waals surface area (Å²) >= 11 is 0. The van der Waals surface area contributed by atoms with E-state index in [0.29, 0.717) is 32.7 Å². The van der Waals surface area contributed by atoms with E-state index in [1.54, 1.807) is 4.90 Å². The van der Waals surface area contributed by atoms with Crippen molar-refractivity contribution in [3.63, 3.8) is 0 Å². The highest BCUT2D eigenvalue weighted by Gasteiger charge is 2.28. The molecule has 1 aliphatic heterocycles. The minimum Gasteiger partial charge on any atom is -0.481 e. The first-order chi connectivity index (χ1) is 7.56. The minimum absolute atomic E-state index is 0.111. The van der Waals surface area contributed by atoms with Crippen molar-refractivity contribution in [2.75, 3.05) is 39.3 Å². The van der Waals surface area contributed by atoms with E-state index in [2.05, 4.69) is 4.90 Å². The molecule has 0 aromatic rings. The number of hydrogen-bond acceptors (Lipinski definition) is 4. The second-order valence-electron chi connectivity index (χ2n) is 3.95. The van der Waals surface area contributed by atoms with Gasteiger partial charge in [-0.05, 0) is 6.92 Å². The highest BCUT2D eigenvalue weighted by atomic mass is 16.4. The van der Waals surface area contributed by atoms with Crippen LogP contribution in [0.5, 0.6) is 0 Å². The molecule has 0 aromatic carbocycles. The molecule has 0 aliphatic carbocycles. The van der Waals surface area contributed by atoms with Crippen molar-refractivity contribution in [2.45, 2.75) is 6.92 Å². The van der Waals surface area contributed by atoms with Crippen LogP contribution in [-0.4, -0.2) is 71.2 Å². The molecule has 1 atom stereocenters. The van der Waals surface area contributed by atoms with Crippen molar-refractivity contribution in [1.29, 1.82) is 0 Å². The van der Waals surface area contributed by atoms with Gasteiger partial charge in [-0.15, -0.1) is 0 Å². The molecule has 1 rings (SSSR count). The highest BCUT2D eigenvalue weighted by molar-refractivity contribution is 5.96. The largest absolute Gasteiger partial charge is 0.481 e. The molecular formula is C10H18N2O4. The van der Waals surface area contributed by atoms with Crippen LogP contribution in [0.4, 0.5) is 0 Å². The van der Waals surface area contributed by atoms with Crippen LogP contribution in [0.25, 0.3) is 0 Å². The third-order valence-corrected chi connectivity index (χ3v) is 2.84. The molecule has 6 nitrogen and oxygen atoms in total.